The van der Waals surface area contributed by atoms with Crippen molar-refractivity contribution in [3.63, 3.8) is 0 Å². The number of nitrogens with zero attached hydrogens (tertiary/aromatic N) is 2. The van der Waals surface area contributed by atoms with Gasteiger partial charge in [0.1, 0.15) is 5.82 Å². The molecule has 0 aliphatic heterocycles. The number of halogens is 1. The number of hydrogen-bond acceptors (Lipinski definition) is 3. The minimum Gasteiger partial charge on any atom is -0.478 e. The molecule has 21 heavy (non-hydrogen) atoms. The largest absolute Gasteiger partial charge is 0.478 e. The number of aromatic nitrogens is 2. The average Bonchev–Trinajstić information content (AvgIpc) is 2.98. The van der Waals surface area contributed by atoms with E-state index in [2.05, 4.69) is 27.0 Å². The Morgan fingerprint density at radius 1 is 1.38 bits per heavy atom. The number of benzene rings is 1. The van der Waals surface area contributed by atoms with E-state index >= 15 is 0 Å². The number of imidazole rings is 1. The highest BCUT2D eigenvalue weighted by Gasteiger charge is 2.15. The van der Waals surface area contributed by atoms with E-state index in [4.69, 9.17) is 0 Å². The van der Waals surface area contributed by atoms with Crippen LogP contribution in [0.2, 0.25) is 0 Å². The van der Waals surface area contributed by atoms with Gasteiger partial charge in [-0.05, 0) is 53.5 Å². The summed E-state index contributed by atoms with van der Waals surface area (Å²) in [7, 11) is 0. The summed E-state index contributed by atoms with van der Waals surface area (Å²) in [6.45, 7) is 2.63. The second kappa shape index (κ2) is 5.61. The molecule has 1 N–H and O–H groups in total. The molecule has 0 spiro atoms. The monoisotopic (exact) mass is 364 g/mol. The second-order valence-electron chi connectivity index (χ2n) is 4.74. The van der Waals surface area contributed by atoms with Crippen molar-refractivity contribution in [2.24, 2.45) is 0 Å². The fraction of sp³-hybridized carbons (Fsp3) is 0.200. The number of para-hydroxylation sites is 1. The summed E-state index contributed by atoms with van der Waals surface area (Å²) in [5.41, 5.74) is 1.75. The Kier molecular flexibility index (Phi) is 3.82. The smallest absolute Gasteiger partial charge is 0.337 e. The fourth-order valence-electron chi connectivity index (χ4n) is 2.46. The zero-order chi connectivity index (χ0) is 15.0. The number of aromatic carboxylic acids is 1. The molecule has 108 valence electrons. The van der Waals surface area contributed by atoms with Gasteiger partial charge in [0.2, 0.25) is 0 Å². The summed E-state index contributed by atoms with van der Waals surface area (Å²) in [6, 6.07) is 9.33. The number of hydrogen-bond donors (Lipinski definition) is 1. The van der Waals surface area contributed by atoms with Crippen molar-refractivity contribution < 1.29 is 9.90 Å². The number of thiophene rings is 1. The molecule has 1 aromatic carbocycles. The van der Waals surface area contributed by atoms with Crippen LogP contribution in [0.15, 0.2) is 34.1 Å². The lowest BCUT2D eigenvalue weighted by Gasteiger charge is -2.07. The molecule has 3 rings (SSSR count). The summed E-state index contributed by atoms with van der Waals surface area (Å²) >= 11 is 5.16. The lowest BCUT2D eigenvalue weighted by molar-refractivity contribution is 0.0698. The number of carbonyl (C=O) groups is 1. The third-order valence-electron chi connectivity index (χ3n) is 3.40. The summed E-state index contributed by atoms with van der Waals surface area (Å²) in [5, 5.41) is 9.36. The number of carboxylic acid groups (broad SMARTS) is 1. The highest BCUT2D eigenvalue weighted by molar-refractivity contribution is 9.11. The van der Waals surface area contributed by atoms with E-state index in [1.165, 1.54) is 4.88 Å². The van der Waals surface area contributed by atoms with E-state index < -0.39 is 5.97 Å². The van der Waals surface area contributed by atoms with Crippen LogP contribution in [0, 0.1) is 6.92 Å². The predicted octanol–water partition coefficient (Wildman–Crippen LogP) is 4.11. The molecular formula is C15H13BrN2O2S. The molecule has 4 nitrogen and oxygen atoms in total. The summed E-state index contributed by atoms with van der Waals surface area (Å²) < 4.78 is 3.10. The van der Waals surface area contributed by atoms with Gasteiger partial charge in [-0.3, -0.25) is 0 Å². The van der Waals surface area contributed by atoms with Crippen molar-refractivity contribution in [1.82, 2.24) is 9.55 Å². The minimum absolute atomic E-state index is 0.306. The van der Waals surface area contributed by atoms with Crippen LogP contribution >= 0.6 is 27.3 Å². The molecule has 0 aliphatic carbocycles. The van der Waals surface area contributed by atoms with Crippen molar-refractivity contribution in [3.8, 4) is 0 Å². The molecule has 3 aromatic rings. The van der Waals surface area contributed by atoms with Gasteiger partial charge in [0.15, 0.2) is 0 Å². The molecule has 6 heteroatoms. The normalized spacial score (nSPS) is 11.1. The third kappa shape index (κ3) is 2.73. The van der Waals surface area contributed by atoms with Crippen LogP contribution in [0.1, 0.15) is 21.1 Å². The highest BCUT2D eigenvalue weighted by atomic mass is 79.9. The van der Waals surface area contributed by atoms with E-state index in [0.29, 0.717) is 11.1 Å². The predicted molar refractivity (Wildman–Crippen MR) is 87.2 cm³/mol. The molecule has 0 fully saturated rings. The third-order valence-corrected chi connectivity index (χ3v) is 5.08. The van der Waals surface area contributed by atoms with Crippen molar-refractivity contribution in [2.45, 2.75) is 19.9 Å². The Labute approximate surface area is 134 Å². The van der Waals surface area contributed by atoms with Gasteiger partial charge < -0.3 is 9.67 Å². The molecule has 2 heterocycles. The Morgan fingerprint density at radius 3 is 2.86 bits per heavy atom. The van der Waals surface area contributed by atoms with Crippen LogP contribution in [0.25, 0.3) is 11.0 Å². The molecular weight excluding hydrogens is 352 g/mol. The van der Waals surface area contributed by atoms with Gasteiger partial charge in [-0.25, -0.2) is 9.78 Å². The molecule has 0 atom stereocenters. The van der Waals surface area contributed by atoms with E-state index in [-0.39, 0.29) is 0 Å². The van der Waals surface area contributed by atoms with Crippen LogP contribution in [0.4, 0.5) is 0 Å². The summed E-state index contributed by atoms with van der Waals surface area (Å²) in [4.78, 5) is 17.1. The molecule has 0 aliphatic rings. The first-order valence-electron chi connectivity index (χ1n) is 6.49. The molecule has 0 radical (unpaired) electrons. The first-order chi connectivity index (χ1) is 10.1. The van der Waals surface area contributed by atoms with Gasteiger partial charge >= 0.3 is 5.97 Å². The summed E-state index contributed by atoms with van der Waals surface area (Å²) in [5.74, 6) is -0.0741. The van der Waals surface area contributed by atoms with Gasteiger partial charge in [-0.15, -0.1) is 11.3 Å². The summed E-state index contributed by atoms with van der Waals surface area (Å²) in [6.07, 6.45) is 0.858. The Balaban J connectivity index is 2.01. The molecule has 0 amide bonds. The van der Waals surface area contributed by atoms with Crippen LogP contribution < -0.4 is 0 Å². The van der Waals surface area contributed by atoms with Gasteiger partial charge in [-0.2, -0.15) is 0 Å². The zero-order valence-corrected chi connectivity index (χ0v) is 13.7. The number of carboxylic acids is 1. The topological polar surface area (TPSA) is 55.1 Å². The van der Waals surface area contributed by atoms with E-state index in [9.17, 15) is 9.90 Å². The quantitative estimate of drug-likeness (QED) is 0.757. The van der Waals surface area contributed by atoms with Crippen LogP contribution in [0.3, 0.4) is 0 Å². The lowest BCUT2D eigenvalue weighted by atomic mass is 10.2. The maximum absolute atomic E-state index is 11.4. The SMILES string of the molecule is Cc1nc2cccc(C(=O)O)c2n1CCc1ccc(Br)s1. The molecule has 0 unspecified atom stereocenters. The van der Waals surface area contributed by atoms with Crippen LogP contribution in [-0.2, 0) is 13.0 Å². The van der Waals surface area contributed by atoms with Gasteiger partial charge in [-0.1, -0.05) is 6.07 Å². The van der Waals surface area contributed by atoms with Gasteiger partial charge in [0.05, 0.1) is 20.4 Å². The first kappa shape index (κ1) is 14.3. The van der Waals surface area contributed by atoms with Crippen LogP contribution in [0.5, 0.6) is 0 Å². The Hall–Kier alpha value is -1.66. The van der Waals surface area contributed by atoms with Crippen molar-refractivity contribution >= 4 is 44.3 Å². The molecule has 2 aromatic heterocycles. The Bertz CT molecular complexity index is 822. The first-order valence-corrected chi connectivity index (χ1v) is 8.10. The van der Waals surface area contributed by atoms with Crippen molar-refractivity contribution in [3.05, 3.63) is 50.4 Å². The molecule has 0 saturated heterocycles. The van der Waals surface area contributed by atoms with E-state index in [1.807, 2.05) is 23.6 Å². The van der Waals surface area contributed by atoms with Crippen LogP contribution in [-0.4, -0.2) is 20.6 Å². The van der Waals surface area contributed by atoms with Gasteiger partial charge in [0.25, 0.3) is 0 Å². The van der Waals surface area contributed by atoms with E-state index in [1.54, 1.807) is 23.5 Å². The average molecular weight is 365 g/mol. The highest BCUT2D eigenvalue weighted by Crippen LogP contribution is 2.25. The Morgan fingerprint density at radius 2 is 2.19 bits per heavy atom. The van der Waals surface area contributed by atoms with E-state index in [0.717, 1.165) is 28.1 Å². The molecule has 0 bridgehead atoms. The zero-order valence-electron chi connectivity index (χ0n) is 11.3. The van der Waals surface area contributed by atoms with Gasteiger partial charge in [0, 0.05) is 11.4 Å². The fourth-order valence-corrected chi connectivity index (χ4v) is 3.93. The maximum atomic E-state index is 11.4. The number of fused-ring (bicyclic) bond motifs is 1. The number of aryl methyl sites for hydroxylation is 3. The van der Waals surface area contributed by atoms with Crippen molar-refractivity contribution in [1.29, 1.82) is 0 Å². The minimum atomic E-state index is -0.916. The standard InChI is InChI=1S/C15H13BrN2O2S/c1-9-17-12-4-2-3-11(15(19)20)14(12)18(9)8-7-10-5-6-13(16)21-10/h2-6H,7-8H2,1H3,(H,19,20). The maximum Gasteiger partial charge on any atom is 0.337 e. The second-order valence-corrected chi connectivity index (χ2v) is 7.29. The van der Waals surface area contributed by atoms with Crippen molar-refractivity contribution in [2.75, 3.05) is 0 Å². The number of rotatable bonds is 4. The lowest BCUT2D eigenvalue weighted by Crippen LogP contribution is -2.06. The molecule has 0 saturated carbocycles.